The molecule has 6 nitrogen and oxygen atoms in total. The molecule has 3 aromatic carbocycles. The molecule has 0 aliphatic heterocycles. The first-order chi connectivity index (χ1) is 15.5. The summed E-state index contributed by atoms with van der Waals surface area (Å²) in [7, 11) is 0. The van der Waals surface area contributed by atoms with E-state index in [-0.39, 0.29) is 24.0 Å². The molecule has 1 aliphatic rings. The number of nitrogens with one attached hydrogen (secondary N) is 2. The number of anilines is 3. The van der Waals surface area contributed by atoms with E-state index in [1.165, 1.54) is 0 Å². The summed E-state index contributed by atoms with van der Waals surface area (Å²) >= 11 is 0. The van der Waals surface area contributed by atoms with Crippen molar-refractivity contribution >= 4 is 34.6 Å². The number of ether oxygens (including phenoxy) is 1. The normalized spacial score (nSPS) is 12.1. The van der Waals surface area contributed by atoms with Crippen LogP contribution in [0, 0.1) is 6.92 Å². The molecule has 1 aliphatic carbocycles. The second-order valence-corrected chi connectivity index (χ2v) is 7.59. The van der Waals surface area contributed by atoms with Gasteiger partial charge in [0.2, 0.25) is 0 Å². The van der Waals surface area contributed by atoms with Crippen LogP contribution < -0.4 is 10.6 Å². The van der Waals surface area contributed by atoms with Crippen molar-refractivity contribution in [2.75, 3.05) is 23.8 Å². The third-order valence-corrected chi connectivity index (χ3v) is 5.36. The number of ketones is 2. The number of esters is 1. The van der Waals surface area contributed by atoms with Gasteiger partial charge in [0.05, 0.1) is 29.8 Å². The standard InChI is InChI=1S/C26H24N2O4/c1-3-32-22(29)14-15-27-20-12-13-21(28-17-10-8-16(2)9-11-17)24-23(20)25(30)18-6-4-5-7-19(18)26(24)31/h4-13,27-28H,3,14-15H2,1-2H3. The highest BCUT2D eigenvalue weighted by Gasteiger charge is 2.33. The minimum atomic E-state index is -0.320. The number of aryl methyl sites for hydroxylation is 1. The molecule has 0 aromatic heterocycles. The van der Waals surface area contributed by atoms with Gasteiger partial charge in [-0.2, -0.15) is 0 Å². The number of hydrogen-bond acceptors (Lipinski definition) is 6. The molecule has 6 heteroatoms. The lowest BCUT2D eigenvalue weighted by Gasteiger charge is -2.24. The van der Waals surface area contributed by atoms with Crippen molar-refractivity contribution < 1.29 is 19.1 Å². The molecule has 32 heavy (non-hydrogen) atoms. The molecule has 0 amide bonds. The number of benzene rings is 3. The number of carbonyl (C=O) groups excluding carboxylic acids is 3. The smallest absolute Gasteiger partial charge is 0.307 e. The van der Waals surface area contributed by atoms with Crippen molar-refractivity contribution in [3.63, 3.8) is 0 Å². The number of fused-ring (bicyclic) bond motifs is 2. The van der Waals surface area contributed by atoms with Gasteiger partial charge < -0.3 is 15.4 Å². The summed E-state index contributed by atoms with van der Waals surface area (Å²) in [5.41, 5.74) is 4.44. The highest BCUT2D eigenvalue weighted by atomic mass is 16.5. The van der Waals surface area contributed by atoms with Crippen LogP contribution in [0.1, 0.15) is 50.8 Å². The Bertz CT molecular complexity index is 1200. The molecule has 162 valence electrons. The molecule has 4 rings (SSSR count). The first-order valence-corrected chi connectivity index (χ1v) is 10.6. The van der Waals surface area contributed by atoms with Crippen LogP contribution in [-0.2, 0) is 9.53 Å². The molecule has 0 unspecified atom stereocenters. The lowest BCUT2D eigenvalue weighted by molar-refractivity contribution is -0.142. The van der Waals surface area contributed by atoms with Gasteiger partial charge in [-0.1, -0.05) is 42.0 Å². The average Bonchev–Trinajstić information content (AvgIpc) is 2.79. The number of carbonyl (C=O) groups is 3. The molecule has 0 atom stereocenters. The molecule has 0 saturated heterocycles. The predicted octanol–water partition coefficient (Wildman–Crippen LogP) is 4.88. The van der Waals surface area contributed by atoms with Crippen LogP contribution in [-0.4, -0.2) is 30.7 Å². The van der Waals surface area contributed by atoms with Crippen LogP contribution >= 0.6 is 0 Å². The van der Waals surface area contributed by atoms with Crippen molar-refractivity contribution in [3.8, 4) is 0 Å². The van der Waals surface area contributed by atoms with E-state index in [0.29, 0.717) is 46.8 Å². The van der Waals surface area contributed by atoms with Crippen molar-refractivity contribution in [3.05, 3.63) is 88.5 Å². The Kier molecular flexibility index (Phi) is 6.03. The summed E-state index contributed by atoms with van der Waals surface area (Å²) in [6, 6.07) is 18.2. The quantitative estimate of drug-likeness (QED) is 0.408. The van der Waals surface area contributed by atoms with Crippen molar-refractivity contribution in [1.29, 1.82) is 0 Å². The lowest BCUT2D eigenvalue weighted by atomic mass is 9.82. The van der Waals surface area contributed by atoms with Gasteiger partial charge in [-0.25, -0.2) is 0 Å². The van der Waals surface area contributed by atoms with E-state index in [4.69, 9.17) is 4.74 Å². The maximum atomic E-state index is 13.4. The second kappa shape index (κ2) is 9.06. The van der Waals surface area contributed by atoms with Gasteiger partial charge in [-0.3, -0.25) is 14.4 Å². The lowest BCUT2D eigenvalue weighted by Crippen LogP contribution is -2.24. The summed E-state index contributed by atoms with van der Waals surface area (Å²) in [5, 5.41) is 6.43. The fraction of sp³-hybridized carbons (Fsp3) is 0.192. The molecule has 0 saturated carbocycles. The first-order valence-electron chi connectivity index (χ1n) is 10.6. The fourth-order valence-electron chi connectivity index (χ4n) is 3.80. The molecular weight excluding hydrogens is 404 g/mol. The van der Waals surface area contributed by atoms with Crippen LogP contribution in [0.5, 0.6) is 0 Å². The summed E-state index contributed by atoms with van der Waals surface area (Å²) in [6.07, 6.45) is 0.157. The molecule has 2 N–H and O–H groups in total. The zero-order valence-electron chi connectivity index (χ0n) is 18.0. The average molecular weight is 428 g/mol. The molecule has 0 bridgehead atoms. The van der Waals surface area contributed by atoms with Gasteiger partial charge >= 0.3 is 5.97 Å². The highest BCUT2D eigenvalue weighted by molar-refractivity contribution is 6.32. The topological polar surface area (TPSA) is 84.5 Å². The van der Waals surface area contributed by atoms with Crippen molar-refractivity contribution in [2.24, 2.45) is 0 Å². The monoisotopic (exact) mass is 428 g/mol. The van der Waals surface area contributed by atoms with E-state index in [1.807, 2.05) is 31.2 Å². The van der Waals surface area contributed by atoms with E-state index in [0.717, 1.165) is 11.3 Å². The minimum Gasteiger partial charge on any atom is -0.466 e. The second-order valence-electron chi connectivity index (χ2n) is 7.59. The summed E-state index contributed by atoms with van der Waals surface area (Å²) in [6.45, 7) is 4.36. The van der Waals surface area contributed by atoms with E-state index in [9.17, 15) is 14.4 Å². The minimum absolute atomic E-state index is 0.157. The molecule has 0 radical (unpaired) electrons. The Balaban J connectivity index is 1.74. The molecule has 3 aromatic rings. The Morgan fingerprint density at radius 2 is 1.44 bits per heavy atom. The van der Waals surface area contributed by atoms with Crippen LogP contribution in [0.15, 0.2) is 60.7 Å². The van der Waals surface area contributed by atoms with E-state index in [1.54, 1.807) is 43.3 Å². The van der Waals surface area contributed by atoms with Gasteiger partial charge in [-0.05, 0) is 38.1 Å². The largest absolute Gasteiger partial charge is 0.466 e. The molecule has 0 heterocycles. The third kappa shape index (κ3) is 4.12. The maximum Gasteiger partial charge on any atom is 0.307 e. The van der Waals surface area contributed by atoms with Gasteiger partial charge in [-0.15, -0.1) is 0 Å². The van der Waals surface area contributed by atoms with Crippen molar-refractivity contribution in [2.45, 2.75) is 20.3 Å². The van der Waals surface area contributed by atoms with Gasteiger partial charge in [0.15, 0.2) is 11.6 Å². The zero-order chi connectivity index (χ0) is 22.7. The fourth-order valence-corrected chi connectivity index (χ4v) is 3.80. The van der Waals surface area contributed by atoms with Crippen LogP contribution in [0.2, 0.25) is 0 Å². The summed E-state index contributed by atoms with van der Waals surface area (Å²) in [5.74, 6) is -0.750. The Morgan fingerprint density at radius 1 is 0.844 bits per heavy atom. The number of hydrogen-bond donors (Lipinski definition) is 2. The van der Waals surface area contributed by atoms with Crippen molar-refractivity contribution in [1.82, 2.24) is 0 Å². The Morgan fingerprint density at radius 3 is 2.06 bits per heavy atom. The molecule has 0 spiro atoms. The van der Waals surface area contributed by atoms with E-state index < -0.39 is 0 Å². The van der Waals surface area contributed by atoms with Crippen LogP contribution in [0.3, 0.4) is 0 Å². The first kappa shape index (κ1) is 21.3. The SMILES string of the molecule is CCOC(=O)CCNc1ccc(Nc2ccc(C)cc2)c2c1C(=O)c1ccccc1C2=O. The van der Waals surface area contributed by atoms with E-state index in [2.05, 4.69) is 10.6 Å². The van der Waals surface area contributed by atoms with E-state index >= 15 is 0 Å². The molecular formula is C26H24N2O4. The maximum absolute atomic E-state index is 13.4. The van der Waals surface area contributed by atoms with Gasteiger partial charge in [0.1, 0.15) is 0 Å². The van der Waals surface area contributed by atoms with Gasteiger partial charge in [0.25, 0.3) is 0 Å². The van der Waals surface area contributed by atoms with Crippen LogP contribution in [0.4, 0.5) is 17.1 Å². The van der Waals surface area contributed by atoms with Gasteiger partial charge in [0, 0.05) is 29.0 Å². The molecule has 0 fully saturated rings. The Hall–Kier alpha value is -3.93. The predicted molar refractivity (Wildman–Crippen MR) is 124 cm³/mol. The zero-order valence-corrected chi connectivity index (χ0v) is 18.0. The number of rotatable bonds is 7. The highest BCUT2D eigenvalue weighted by Crippen LogP contribution is 2.37. The summed E-state index contributed by atoms with van der Waals surface area (Å²) < 4.78 is 4.96. The third-order valence-electron chi connectivity index (χ3n) is 5.36. The summed E-state index contributed by atoms with van der Waals surface area (Å²) in [4.78, 5) is 38.5. The van der Waals surface area contributed by atoms with Crippen LogP contribution in [0.25, 0.3) is 0 Å². The Labute approximate surface area is 186 Å².